The number of nitrogens with zero attached hydrogens (tertiary/aromatic N) is 17. The van der Waals surface area contributed by atoms with E-state index in [0.29, 0.717) is 45.3 Å². The van der Waals surface area contributed by atoms with E-state index in [9.17, 15) is 36.0 Å². The third-order valence-electron chi connectivity index (χ3n) is 22.4. The summed E-state index contributed by atoms with van der Waals surface area (Å²) in [5.41, 5.74) is 13.7. The van der Waals surface area contributed by atoms with Crippen LogP contribution < -0.4 is 0 Å². The molecule has 136 heavy (non-hydrogen) atoms. The Kier molecular flexibility index (Phi) is 30.2. The number of hydrogen-bond acceptors (Lipinski definition) is 14. The Bertz CT molecular complexity index is 7650. The van der Waals surface area contributed by atoms with Crippen molar-refractivity contribution in [3.63, 3.8) is 0 Å². The molecular formula is C106H70F7N17O2Pt4. The minimum absolute atomic E-state index is 0. The molecule has 0 aliphatic carbocycles. The second kappa shape index (κ2) is 41.4. The Morgan fingerprint density at radius 3 is 1.28 bits per heavy atom. The zero-order valence-corrected chi connectivity index (χ0v) is 82.0. The third kappa shape index (κ3) is 21.0. The van der Waals surface area contributed by atoms with Crippen molar-refractivity contribution in [2.75, 3.05) is 0 Å². The van der Waals surface area contributed by atoms with E-state index < -0.39 is 57.1 Å². The largest absolute Gasteiger partial charge is 2.00 e. The number of halogens is 7. The summed E-state index contributed by atoms with van der Waals surface area (Å²) in [5.74, 6) is -3.29. The molecule has 19 nitrogen and oxygen atoms in total. The van der Waals surface area contributed by atoms with Crippen molar-refractivity contribution in [2.45, 2.75) is 83.2 Å². The van der Waals surface area contributed by atoms with Crippen molar-refractivity contribution in [2.24, 2.45) is 0 Å². The van der Waals surface area contributed by atoms with Crippen LogP contribution in [0.5, 0.6) is 0 Å². The second-order valence-corrected chi connectivity index (χ2v) is 32.6. The van der Waals surface area contributed by atoms with Crippen LogP contribution in [0.4, 0.5) is 36.4 Å². The van der Waals surface area contributed by atoms with Crippen LogP contribution in [0.15, 0.2) is 288 Å². The van der Waals surface area contributed by atoms with Crippen molar-refractivity contribution in [3.8, 4) is 80.0 Å². The van der Waals surface area contributed by atoms with E-state index in [-0.39, 0.29) is 107 Å². The molecule has 0 radical (unpaired) electrons. The SMILES string of the molecule is CC(C)(c1cccc(-c2[c-]cc(F)cc2F)n1)c1ccn(-c2[c-]ccc(C#N)c2)n1.CC(C)(c1cccc(-c2[c-]cc(F)nc2F)n1)c1cccc(-n2[c-]cc(C(F)(F)F)n2)n1.CC(C)(c1ccn(-c2[c-]cc3oc4ccccc4c3c2)n1)c1ccn(-c2[c-]cc3oc4ccccc4c3c2)n1.[C-]#[N+]c1cc[c-]c(-c2cccc(C(C)(C)c3cccc(-c4[c-]ccc(C#N)c4)n3)n2)c1.[Pt+2].[Pt+2].[Pt+2].[Pt+2]. The monoisotopic (exact) mass is 2530 g/mol. The molecule has 0 N–H and O–H groups in total. The Morgan fingerprint density at radius 1 is 0.368 bits per heavy atom. The molecule has 0 atom stereocenters. The molecule has 30 heteroatoms. The number of hydrogen-bond donors (Lipinski definition) is 0. The number of pyridine rings is 6. The van der Waals surface area contributed by atoms with Gasteiger partial charge < -0.3 is 33.5 Å². The number of para-hydroxylation sites is 2. The zero-order chi connectivity index (χ0) is 92.4. The summed E-state index contributed by atoms with van der Waals surface area (Å²) in [7, 11) is 0. The van der Waals surface area contributed by atoms with Crippen molar-refractivity contribution in [1.82, 2.24) is 69.0 Å². The molecule has 12 heterocycles. The van der Waals surface area contributed by atoms with Gasteiger partial charge in [-0.25, -0.2) is 8.78 Å². The van der Waals surface area contributed by atoms with Crippen LogP contribution in [0, 0.1) is 101 Å². The first-order valence-corrected chi connectivity index (χ1v) is 41.1. The van der Waals surface area contributed by atoms with E-state index in [1.807, 2.05) is 159 Å². The topological polar surface area (TPSA) is 227 Å². The van der Waals surface area contributed by atoms with Crippen molar-refractivity contribution >= 4 is 49.6 Å². The first kappa shape index (κ1) is 99.3. The Labute approximate surface area is 834 Å². The van der Waals surface area contributed by atoms with E-state index in [1.165, 1.54) is 12.1 Å². The van der Waals surface area contributed by atoms with E-state index in [4.69, 9.17) is 40.8 Å². The molecule has 8 aromatic carbocycles. The zero-order valence-electron chi connectivity index (χ0n) is 72.9. The molecule has 0 unspecified atom stereocenters. The van der Waals surface area contributed by atoms with Crippen molar-refractivity contribution < 1.29 is 124 Å². The fourth-order valence-electron chi connectivity index (χ4n) is 14.8. The van der Waals surface area contributed by atoms with Gasteiger partial charge in [0.15, 0.2) is 0 Å². The van der Waals surface area contributed by atoms with Crippen LogP contribution in [0.1, 0.15) is 118 Å². The molecular weight excluding hydrogens is 2460 g/mol. The van der Waals surface area contributed by atoms with Gasteiger partial charge in [0.05, 0.1) is 58.1 Å². The average molecular weight is 2530 g/mol. The predicted octanol–water partition coefficient (Wildman–Crippen LogP) is 23.9. The van der Waals surface area contributed by atoms with Gasteiger partial charge >= 0.3 is 90.4 Å². The Morgan fingerprint density at radius 2 is 0.794 bits per heavy atom. The predicted molar refractivity (Wildman–Crippen MR) is 483 cm³/mol. The molecule has 20 aromatic rings. The van der Waals surface area contributed by atoms with Gasteiger partial charge in [0.1, 0.15) is 28.7 Å². The van der Waals surface area contributed by atoms with Gasteiger partial charge in [-0.2, -0.15) is 75.4 Å². The quantitative estimate of drug-likeness (QED) is 0.0498. The van der Waals surface area contributed by atoms with Gasteiger partial charge in [0.2, 0.25) is 0 Å². The van der Waals surface area contributed by atoms with Crippen LogP contribution in [0.3, 0.4) is 0 Å². The molecule has 0 fully saturated rings. The second-order valence-electron chi connectivity index (χ2n) is 32.6. The molecule has 0 bridgehead atoms. The molecule has 20 rings (SSSR count). The summed E-state index contributed by atoms with van der Waals surface area (Å²) in [6, 6.07) is 101. The molecule has 680 valence electrons. The van der Waals surface area contributed by atoms with E-state index in [0.717, 1.165) is 135 Å². The van der Waals surface area contributed by atoms with E-state index >= 15 is 0 Å². The first-order valence-electron chi connectivity index (χ1n) is 41.1. The van der Waals surface area contributed by atoms with Crippen LogP contribution in [0.2, 0.25) is 0 Å². The molecule has 0 amide bonds. The fraction of sp³-hybridized carbons (Fsp3) is 0.123. The Balaban J connectivity index is 0.000000153. The standard InChI is InChI=1S/C33H22N4O2.C27H18N4.C24H16F2N4.C22H14F5N5.4Pt/c1-33(2,31-15-17-36(34-31)21-11-13-29-25(19-21)23-7-3-5-9-27(23)38-29)32-16-18-37(35-32)22-12-14-30-26(20-22)24-8-4-6-10-28(24)39-30;1-27(2,25-14-6-12-23(30-25)20-9-4-8-19(16-20)18-28)26-15-7-13-24(31-26)21-10-5-11-22(17-21)29-3;1-24(2,23-11-12-30(29-23)18-6-3-5-16(13-18)15-27)22-8-4-7-21(28-22)19-10-9-17(25)14-20(19)26;1-21(2,15-6-3-5-14(28-15)13-9-10-18(23)30-20(13)24)16-7-4-8-19(29-16)32-12-11-17(31-32)22(25,26)27;;;;/h3-10,13-20H,1-2H3;4-8,11-17H,1-2H3;3-5,7-9,11-14H,1-2H3;3-8,10-11H,1-2H3;;;;/q4*-2;4*+2. The summed E-state index contributed by atoms with van der Waals surface area (Å²) in [6.07, 6.45) is 3.56. The first-order chi connectivity index (χ1) is 63.5. The minimum atomic E-state index is -4.59. The van der Waals surface area contributed by atoms with Gasteiger partial charge in [-0.1, -0.05) is 143 Å². The molecule has 0 aliphatic heterocycles. The van der Waals surface area contributed by atoms with Crippen LogP contribution in [-0.4, -0.2) is 69.0 Å². The molecule has 0 saturated heterocycles. The minimum Gasteiger partial charge on any atom is -0.516 e. The normalized spacial score (nSPS) is 11.4. The number of aromatic nitrogens is 14. The maximum Gasteiger partial charge on any atom is 2.00 e. The summed E-state index contributed by atoms with van der Waals surface area (Å²) >= 11 is 0. The number of furan rings is 2. The molecule has 12 aromatic heterocycles. The maximum absolute atomic E-state index is 14.2. The smallest absolute Gasteiger partial charge is 0.516 e. The summed E-state index contributed by atoms with van der Waals surface area (Å²) in [6.45, 7) is 23.2. The van der Waals surface area contributed by atoms with Crippen LogP contribution >= 0.6 is 0 Å². The summed E-state index contributed by atoms with van der Waals surface area (Å²) < 4.78 is 111. The summed E-state index contributed by atoms with van der Waals surface area (Å²) in [5, 5.41) is 40.5. The number of fused-ring (bicyclic) bond motifs is 6. The molecule has 0 aliphatic rings. The van der Waals surface area contributed by atoms with Gasteiger partial charge in [-0.3, -0.25) is 42.7 Å². The van der Waals surface area contributed by atoms with Crippen molar-refractivity contribution in [3.05, 3.63) is 425 Å². The number of benzene rings is 8. The third-order valence-corrected chi connectivity index (χ3v) is 22.4. The van der Waals surface area contributed by atoms with Gasteiger partial charge in [-0.15, -0.1) is 108 Å². The van der Waals surface area contributed by atoms with E-state index in [1.54, 1.807) is 102 Å². The van der Waals surface area contributed by atoms with Crippen molar-refractivity contribution in [1.29, 1.82) is 10.5 Å². The Hall–Kier alpha value is -14.2. The van der Waals surface area contributed by atoms with E-state index in [2.05, 4.69) is 148 Å². The van der Waals surface area contributed by atoms with Gasteiger partial charge in [-0.05, 0) is 161 Å². The number of nitriles is 2. The van der Waals surface area contributed by atoms with Crippen LogP contribution in [-0.2, 0) is 112 Å². The summed E-state index contributed by atoms with van der Waals surface area (Å²) in [4.78, 5) is 29.9. The number of alkyl halides is 3. The number of rotatable bonds is 16. The van der Waals surface area contributed by atoms with Gasteiger partial charge in [0.25, 0.3) is 0 Å². The van der Waals surface area contributed by atoms with Crippen LogP contribution in [0.25, 0.3) is 117 Å². The maximum atomic E-state index is 14.2. The molecule has 0 saturated carbocycles. The van der Waals surface area contributed by atoms with Gasteiger partial charge in [0, 0.05) is 91.5 Å². The fourth-order valence-corrected chi connectivity index (χ4v) is 14.8. The average Bonchev–Trinajstić information content (AvgIpc) is 1.66. The molecule has 0 spiro atoms.